The van der Waals surface area contributed by atoms with Crippen molar-refractivity contribution in [3.63, 3.8) is 0 Å². The van der Waals surface area contributed by atoms with E-state index in [4.69, 9.17) is 10.7 Å². The first-order valence-electron chi connectivity index (χ1n) is 5.34. The van der Waals surface area contributed by atoms with Crippen LogP contribution >= 0.6 is 0 Å². The van der Waals surface area contributed by atoms with Crippen molar-refractivity contribution in [2.75, 3.05) is 13.1 Å². The highest BCUT2D eigenvalue weighted by Crippen LogP contribution is 2.25. The molecule has 15 heavy (non-hydrogen) atoms. The third-order valence-corrected chi connectivity index (χ3v) is 2.58. The summed E-state index contributed by atoms with van der Waals surface area (Å²) in [4.78, 5) is 6.90. The summed E-state index contributed by atoms with van der Waals surface area (Å²) < 4.78 is 0. The average Bonchev–Trinajstić information content (AvgIpc) is 2.44. The summed E-state index contributed by atoms with van der Waals surface area (Å²) >= 11 is 0. The monoisotopic (exact) mass is 207 g/mol. The Morgan fingerprint density at radius 3 is 2.73 bits per heavy atom. The Balaban J connectivity index is 2.85. The van der Waals surface area contributed by atoms with Gasteiger partial charge in [-0.1, -0.05) is 12.2 Å². The van der Waals surface area contributed by atoms with E-state index in [0.717, 1.165) is 25.3 Å². The largest absolute Gasteiger partial charge is 0.353 e. The molecule has 0 spiro atoms. The lowest BCUT2D eigenvalue weighted by molar-refractivity contribution is 0.378. The van der Waals surface area contributed by atoms with Gasteiger partial charge < -0.3 is 10.6 Å². The third kappa shape index (κ3) is 2.69. The summed E-state index contributed by atoms with van der Waals surface area (Å²) in [5, 5.41) is 0. The maximum absolute atomic E-state index is 5.90. The highest BCUT2D eigenvalue weighted by Gasteiger charge is 2.34. The van der Waals surface area contributed by atoms with Gasteiger partial charge in [-0.2, -0.15) is 0 Å². The number of aliphatic imine (C=N–C) groups is 1. The number of nitrogens with two attached hydrogens (primary N) is 1. The molecule has 2 unspecified atom stereocenters. The van der Waals surface area contributed by atoms with Gasteiger partial charge in [0, 0.05) is 13.1 Å². The van der Waals surface area contributed by atoms with E-state index in [1.165, 1.54) is 0 Å². The highest BCUT2D eigenvalue weighted by atomic mass is 15.3. The lowest BCUT2D eigenvalue weighted by Gasteiger charge is -2.23. The van der Waals surface area contributed by atoms with Gasteiger partial charge in [0.25, 0.3) is 0 Å². The van der Waals surface area contributed by atoms with Gasteiger partial charge in [-0.25, -0.2) is 0 Å². The van der Waals surface area contributed by atoms with Crippen molar-refractivity contribution in [2.24, 2.45) is 10.7 Å². The van der Waals surface area contributed by atoms with E-state index < -0.39 is 0 Å². The van der Waals surface area contributed by atoms with Crippen LogP contribution in [0.2, 0.25) is 0 Å². The molecule has 0 bridgehead atoms. The molecule has 0 saturated heterocycles. The molecular formula is C12H21N3. The molecule has 0 aliphatic carbocycles. The Kier molecular flexibility index (Phi) is 3.69. The molecule has 0 saturated carbocycles. The molecule has 1 aliphatic rings. The van der Waals surface area contributed by atoms with E-state index >= 15 is 0 Å². The molecule has 0 fully saturated rings. The molecule has 1 rings (SSSR count). The van der Waals surface area contributed by atoms with Crippen LogP contribution in [0.5, 0.6) is 0 Å². The van der Waals surface area contributed by atoms with E-state index in [1.54, 1.807) is 0 Å². The topological polar surface area (TPSA) is 41.6 Å². The second kappa shape index (κ2) is 4.62. The van der Waals surface area contributed by atoms with Crippen LogP contribution in [0, 0.1) is 0 Å². The van der Waals surface area contributed by atoms with Crippen molar-refractivity contribution in [3.05, 3.63) is 25.3 Å². The van der Waals surface area contributed by atoms with Gasteiger partial charge in [0.05, 0.1) is 11.6 Å². The fourth-order valence-corrected chi connectivity index (χ4v) is 2.00. The molecule has 0 aromatic carbocycles. The molecule has 84 valence electrons. The van der Waals surface area contributed by atoms with Crippen LogP contribution in [-0.2, 0) is 0 Å². The predicted molar refractivity (Wildman–Crippen MR) is 66.1 cm³/mol. The molecule has 0 aromatic heterocycles. The Hall–Kier alpha value is -1.09. The first kappa shape index (κ1) is 12.0. The molecule has 0 aromatic rings. The molecule has 2 atom stereocenters. The first-order chi connectivity index (χ1) is 7.02. The summed E-state index contributed by atoms with van der Waals surface area (Å²) in [6.07, 6.45) is 4.69. The van der Waals surface area contributed by atoms with Gasteiger partial charge in [0.15, 0.2) is 0 Å². The third-order valence-electron chi connectivity index (χ3n) is 2.58. The number of hydrogen-bond acceptors (Lipinski definition) is 3. The van der Waals surface area contributed by atoms with Crippen LogP contribution in [0.4, 0.5) is 0 Å². The lowest BCUT2D eigenvalue weighted by Crippen LogP contribution is -2.40. The van der Waals surface area contributed by atoms with E-state index in [0.29, 0.717) is 0 Å². The zero-order valence-electron chi connectivity index (χ0n) is 9.74. The van der Waals surface area contributed by atoms with Crippen molar-refractivity contribution in [3.8, 4) is 0 Å². The van der Waals surface area contributed by atoms with Crippen LogP contribution in [0.15, 0.2) is 30.3 Å². The van der Waals surface area contributed by atoms with Crippen molar-refractivity contribution < 1.29 is 0 Å². The van der Waals surface area contributed by atoms with Gasteiger partial charge in [0.2, 0.25) is 0 Å². The molecule has 3 heteroatoms. The van der Waals surface area contributed by atoms with Crippen molar-refractivity contribution in [1.82, 2.24) is 4.90 Å². The number of nitrogens with zero attached hydrogens (tertiary/aromatic N) is 2. The Bertz CT molecular complexity index is 281. The number of rotatable bonds is 5. The minimum Gasteiger partial charge on any atom is -0.353 e. The smallest absolute Gasteiger partial charge is 0.117 e. The van der Waals surface area contributed by atoms with Crippen molar-refractivity contribution in [1.29, 1.82) is 0 Å². The van der Waals surface area contributed by atoms with E-state index in [-0.39, 0.29) is 11.6 Å². The fraction of sp³-hybridized carbons (Fsp3) is 0.583. The Morgan fingerprint density at radius 2 is 2.27 bits per heavy atom. The molecule has 2 N–H and O–H groups in total. The zero-order valence-corrected chi connectivity index (χ0v) is 9.74. The van der Waals surface area contributed by atoms with Crippen LogP contribution in [-0.4, -0.2) is 35.4 Å². The fourth-order valence-electron chi connectivity index (χ4n) is 2.00. The molecule has 0 amide bonds. The summed E-state index contributed by atoms with van der Waals surface area (Å²) in [6, 6.07) is -0.0170. The SMILES string of the molecule is C=CCN1CC(C)(CC=C)N=C1C(C)N. The molecule has 1 aliphatic heterocycles. The maximum atomic E-state index is 5.90. The highest BCUT2D eigenvalue weighted by molar-refractivity contribution is 5.89. The second-order valence-corrected chi connectivity index (χ2v) is 4.42. The van der Waals surface area contributed by atoms with Gasteiger partial charge in [0.1, 0.15) is 5.84 Å². The molecule has 1 heterocycles. The van der Waals surface area contributed by atoms with Crippen molar-refractivity contribution >= 4 is 5.84 Å². The average molecular weight is 207 g/mol. The van der Waals surface area contributed by atoms with Crippen LogP contribution < -0.4 is 5.73 Å². The Labute approximate surface area is 92.4 Å². The first-order valence-corrected chi connectivity index (χ1v) is 5.34. The van der Waals surface area contributed by atoms with E-state index in [2.05, 4.69) is 25.0 Å². The maximum Gasteiger partial charge on any atom is 0.117 e. The standard InChI is InChI=1S/C12H21N3/c1-5-7-12(4)9-15(8-6-2)11(14-12)10(3)13/h5-6,10H,1-2,7-9,13H2,3-4H3. The summed E-state index contributed by atoms with van der Waals surface area (Å²) in [5.41, 5.74) is 5.84. The number of amidine groups is 1. The molecular weight excluding hydrogens is 186 g/mol. The lowest BCUT2D eigenvalue weighted by atomic mass is 10.00. The van der Waals surface area contributed by atoms with Crippen LogP contribution in [0.25, 0.3) is 0 Å². The minimum absolute atomic E-state index is 0.0170. The van der Waals surface area contributed by atoms with Gasteiger partial charge in [-0.15, -0.1) is 13.2 Å². The summed E-state index contributed by atoms with van der Waals surface area (Å²) in [6.45, 7) is 13.3. The molecule has 0 radical (unpaired) electrons. The minimum atomic E-state index is -0.0618. The normalized spacial score (nSPS) is 27.4. The Morgan fingerprint density at radius 1 is 1.60 bits per heavy atom. The number of hydrogen-bond donors (Lipinski definition) is 1. The summed E-state index contributed by atoms with van der Waals surface area (Å²) in [5.74, 6) is 0.985. The predicted octanol–water partition coefficient (Wildman–Crippen LogP) is 1.57. The molecule has 3 nitrogen and oxygen atoms in total. The van der Waals surface area contributed by atoms with E-state index in [1.807, 2.05) is 19.1 Å². The van der Waals surface area contributed by atoms with E-state index in [9.17, 15) is 0 Å². The van der Waals surface area contributed by atoms with Gasteiger partial charge in [-0.05, 0) is 20.3 Å². The quantitative estimate of drug-likeness (QED) is 0.695. The second-order valence-electron chi connectivity index (χ2n) is 4.42. The zero-order chi connectivity index (χ0) is 11.5. The summed E-state index contributed by atoms with van der Waals surface area (Å²) in [7, 11) is 0. The van der Waals surface area contributed by atoms with Crippen LogP contribution in [0.1, 0.15) is 20.3 Å². The van der Waals surface area contributed by atoms with Gasteiger partial charge >= 0.3 is 0 Å². The van der Waals surface area contributed by atoms with Crippen molar-refractivity contribution in [2.45, 2.75) is 31.8 Å². The van der Waals surface area contributed by atoms with Crippen LogP contribution in [0.3, 0.4) is 0 Å². The van der Waals surface area contributed by atoms with Gasteiger partial charge in [-0.3, -0.25) is 4.99 Å².